The molecule has 2 amide bonds. The minimum atomic E-state index is -0.133. The highest BCUT2D eigenvalue weighted by molar-refractivity contribution is 9.10. The lowest BCUT2D eigenvalue weighted by atomic mass is 10.2. The number of rotatable bonds is 9. The quantitative estimate of drug-likeness (QED) is 0.128. The second-order valence-corrected chi connectivity index (χ2v) is 13.5. The Morgan fingerprint density at radius 2 is 1.34 bits per heavy atom. The van der Waals surface area contributed by atoms with E-state index in [0.717, 1.165) is 39.3 Å². The molecule has 5 aromatic rings. The third-order valence-electron chi connectivity index (χ3n) is 5.16. The zero-order chi connectivity index (χ0) is 26.6. The molecule has 0 aliphatic heterocycles. The van der Waals surface area contributed by atoms with Crippen molar-refractivity contribution in [2.24, 2.45) is 0 Å². The van der Waals surface area contributed by atoms with Crippen LogP contribution in [0.25, 0.3) is 20.4 Å². The molecule has 0 fully saturated rings. The zero-order valence-electron chi connectivity index (χ0n) is 19.8. The number of ketones is 1. The molecule has 5 rings (SSSR count). The number of nitrogens with one attached hydrogen (secondary N) is 2. The van der Waals surface area contributed by atoms with Crippen LogP contribution < -0.4 is 10.6 Å². The molecule has 0 bridgehead atoms. The largest absolute Gasteiger partial charge is 0.326 e. The van der Waals surface area contributed by atoms with Gasteiger partial charge >= 0.3 is 0 Å². The van der Waals surface area contributed by atoms with Gasteiger partial charge in [0.05, 0.1) is 31.9 Å². The number of fused-ring (bicyclic) bond motifs is 2. The van der Waals surface area contributed by atoms with E-state index in [4.69, 9.17) is 0 Å². The normalized spacial score (nSPS) is 11.1. The Labute approximate surface area is 243 Å². The second kappa shape index (κ2) is 12.0. The average Bonchev–Trinajstić information content (AvgIpc) is 3.49. The maximum absolute atomic E-state index is 12.6. The molecule has 0 aliphatic rings. The van der Waals surface area contributed by atoms with Gasteiger partial charge in [-0.3, -0.25) is 14.4 Å². The monoisotopic (exact) mass is 642 g/mol. The molecule has 0 aliphatic carbocycles. The number of hydrogen-bond acceptors (Lipinski definition) is 9. The summed E-state index contributed by atoms with van der Waals surface area (Å²) in [4.78, 5) is 45.5. The molecule has 3 aromatic carbocycles. The van der Waals surface area contributed by atoms with Crippen molar-refractivity contribution in [3.8, 4) is 0 Å². The highest BCUT2D eigenvalue weighted by atomic mass is 79.9. The molecule has 2 heterocycles. The number of nitrogens with zero attached hydrogens (tertiary/aromatic N) is 2. The van der Waals surface area contributed by atoms with Crippen LogP contribution in [0.5, 0.6) is 0 Å². The van der Waals surface area contributed by atoms with Crippen LogP contribution in [0, 0.1) is 0 Å². The van der Waals surface area contributed by atoms with Gasteiger partial charge in [-0.05, 0) is 48.5 Å². The highest BCUT2D eigenvalue weighted by Crippen LogP contribution is 2.33. The topological polar surface area (TPSA) is 101 Å². The number of carbonyl (C=O) groups is 3. The Bertz CT molecular complexity index is 1670. The Kier molecular flexibility index (Phi) is 8.44. The number of thiazole rings is 2. The van der Waals surface area contributed by atoms with Crippen molar-refractivity contribution >= 4 is 112 Å². The molecule has 0 saturated carbocycles. The van der Waals surface area contributed by atoms with E-state index < -0.39 is 0 Å². The van der Waals surface area contributed by atoms with Gasteiger partial charge in [-0.15, -0.1) is 22.7 Å². The fourth-order valence-corrected chi connectivity index (χ4v) is 7.63. The minimum absolute atomic E-state index is 0.0495. The highest BCUT2D eigenvalue weighted by Gasteiger charge is 2.12. The minimum Gasteiger partial charge on any atom is -0.326 e. The van der Waals surface area contributed by atoms with Crippen LogP contribution in [0.4, 0.5) is 11.4 Å². The molecule has 0 unspecified atom stereocenters. The summed E-state index contributed by atoms with van der Waals surface area (Å²) in [5.74, 6) is 0.319. The van der Waals surface area contributed by atoms with Crippen molar-refractivity contribution in [3.63, 3.8) is 0 Å². The van der Waals surface area contributed by atoms with Gasteiger partial charge in [0, 0.05) is 28.3 Å². The molecule has 2 aromatic heterocycles. The van der Waals surface area contributed by atoms with Gasteiger partial charge in [0.15, 0.2) is 14.5 Å². The molecule has 192 valence electrons. The molecule has 7 nitrogen and oxygen atoms in total. The van der Waals surface area contributed by atoms with Gasteiger partial charge in [0.2, 0.25) is 11.8 Å². The van der Waals surface area contributed by atoms with E-state index >= 15 is 0 Å². The van der Waals surface area contributed by atoms with Gasteiger partial charge in [-0.1, -0.05) is 51.6 Å². The van der Waals surface area contributed by atoms with Crippen molar-refractivity contribution in [3.05, 3.63) is 70.7 Å². The Hall–Kier alpha value is -2.77. The molecule has 0 saturated heterocycles. The van der Waals surface area contributed by atoms with Crippen molar-refractivity contribution in [1.82, 2.24) is 9.97 Å². The predicted molar refractivity (Wildman–Crippen MR) is 162 cm³/mol. The summed E-state index contributed by atoms with van der Waals surface area (Å²) in [7, 11) is 0. The van der Waals surface area contributed by atoms with Gasteiger partial charge in [0.25, 0.3) is 0 Å². The lowest BCUT2D eigenvalue weighted by Gasteiger charge is -2.03. The zero-order valence-corrected chi connectivity index (χ0v) is 24.7. The number of thioether (sulfide) groups is 2. The van der Waals surface area contributed by atoms with E-state index in [2.05, 4.69) is 36.5 Å². The van der Waals surface area contributed by atoms with E-state index in [9.17, 15) is 14.4 Å². The van der Waals surface area contributed by atoms with Crippen LogP contribution in [0.1, 0.15) is 17.3 Å². The van der Waals surface area contributed by atoms with Crippen LogP contribution in [0.15, 0.2) is 73.8 Å². The number of benzene rings is 3. The molecular weight excluding hydrogens is 624 g/mol. The van der Waals surface area contributed by atoms with E-state index in [1.807, 2.05) is 48.5 Å². The van der Waals surface area contributed by atoms with E-state index in [1.165, 1.54) is 53.1 Å². The Morgan fingerprint density at radius 1 is 0.789 bits per heavy atom. The standard InChI is InChI=1S/C26H19BrN4O3S4/c1-14(32)28-17-6-8-19-22(10-17)38-26(31-19)36-13-24(34)29-18-7-9-20-23(11-18)37-25(30-20)35-12-21(33)15-2-4-16(27)5-3-15/h2-11H,12-13H2,1H3,(H,28,32)(H,29,34). The van der Waals surface area contributed by atoms with Crippen molar-refractivity contribution in [1.29, 1.82) is 0 Å². The van der Waals surface area contributed by atoms with Gasteiger partial charge < -0.3 is 10.6 Å². The second-order valence-electron chi connectivity index (χ2n) is 8.06. The summed E-state index contributed by atoms with van der Waals surface area (Å²) in [6.45, 7) is 1.47. The van der Waals surface area contributed by atoms with E-state index in [-0.39, 0.29) is 23.4 Å². The van der Waals surface area contributed by atoms with Crippen molar-refractivity contribution < 1.29 is 14.4 Å². The van der Waals surface area contributed by atoms with Crippen LogP contribution in [-0.2, 0) is 9.59 Å². The van der Waals surface area contributed by atoms with Gasteiger partial charge in [-0.25, -0.2) is 9.97 Å². The average molecular weight is 644 g/mol. The summed E-state index contributed by atoms with van der Waals surface area (Å²) in [5.41, 5.74) is 3.74. The number of carbonyl (C=O) groups excluding carboxylic acids is 3. The molecule has 12 heteroatoms. The molecule has 0 radical (unpaired) electrons. The first-order chi connectivity index (χ1) is 18.3. The van der Waals surface area contributed by atoms with Crippen LogP contribution >= 0.6 is 62.1 Å². The first-order valence-electron chi connectivity index (χ1n) is 11.3. The number of amides is 2. The van der Waals surface area contributed by atoms with E-state index in [1.54, 1.807) is 12.1 Å². The molecule has 0 spiro atoms. The molecule has 38 heavy (non-hydrogen) atoms. The summed E-state index contributed by atoms with van der Waals surface area (Å²) in [6.07, 6.45) is 0. The van der Waals surface area contributed by atoms with Crippen molar-refractivity contribution in [2.75, 3.05) is 22.1 Å². The summed E-state index contributed by atoms with van der Waals surface area (Å²) < 4.78 is 4.41. The van der Waals surface area contributed by atoms with Crippen molar-refractivity contribution in [2.45, 2.75) is 15.6 Å². The predicted octanol–water partition coefficient (Wildman–Crippen LogP) is 7.33. The maximum Gasteiger partial charge on any atom is 0.234 e. The van der Waals surface area contributed by atoms with Gasteiger partial charge in [0.1, 0.15) is 0 Å². The SMILES string of the molecule is CC(=O)Nc1ccc2nc(SCC(=O)Nc3ccc4nc(SCC(=O)c5ccc(Br)cc5)sc4c3)sc2c1. The molecule has 0 atom stereocenters. The summed E-state index contributed by atoms with van der Waals surface area (Å²) in [5, 5.41) is 5.70. The van der Waals surface area contributed by atoms with Crippen LogP contribution in [0.2, 0.25) is 0 Å². The third kappa shape index (κ3) is 6.80. The number of halogens is 1. The fourth-order valence-electron chi connectivity index (χ4n) is 3.46. The number of aromatic nitrogens is 2. The summed E-state index contributed by atoms with van der Waals surface area (Å²) >= 11 is 9.14. The Balaban J connectivity index is 1.16. The van der Waals surface area contributed by atoms with Gasteiger partial charge in [-0.2, -0.15) is 0 Å². The fraction of sp³-hybridized carbons (Fsp3) is 0.115. The number of anilines is 2. The lowest BCUT2D eigenvalue weighted by molar-refractivity contribution is -0.114. The van der Waals surface area contributed by atoms with Crippen LogP contribution in [0.3, 0.4) is 0 Å². The smallest absolute Gasteiger partial charge is 0.234 e. The first kappa shape index (κ1) is 26.8. The van der Waals surface area contributed by atoms with Crippen LogP contribution in [-0.4, -0.2) is 39.1 Å². The Morgan fingerprint density at radius 3 is 1.92 bits per heavy atom. The lowest BCUT2D eigenvalue weighted by Crippen LogP contribution is -2.13. The first-order valence-corrected chi connectivity index (χ1v) is 15.6. The molecular formula is C26H19BrN4O3S4. The number of hydrogen-bond donors (Lipinski definition) is 2. The third-order valence-corrected chi connectivity index (χ3v) is 10.0. The maximum atomic E-state index is 12.6. The summed E-state index contributed by atoms with van der Waals surface area (Å²) in [6, 6.07) is 18.5. The van der Waals surface area contributed by atoms with E-state index in [0.29, 0.717) is 17.0 Å². The number of Topliss-reactive ketones (excluding diaryl/α,β-unsaturated/α-hetero) is 1. The molecule has 2 N–H and O–H groups in total.